The van der Waals surface area contributed by atoms with Crippen molar-refractivity contribution in [3.8, 4) is 0 Å². The second-order valence-corrected chi connectivity index (χ2v) is 24.2. The van der Waals surface area contributed by atoms with E-state index >= 15 is 0 Å². The molecule has 1 amide bonds. The van der Waals surface area contributed by atoms with Crippen LogP contribution in [0.1, 0.15) is 393 Å². The summed E-state index contributed by atoms with van der Waals surface area (Å²) < 4.78 is 0. The fourth-order valence-corrected chi connectivity index (χ4v) is 11.3. The summed E-state index contributed by atoms with van der Waals surface area (Å²) in [5.74, 6) is -0.575. The lowest BCUT2D eigenvalue weighted by atomic mass is 9.99. The van der Waals surface area contributed by atoms with E-state index in [0.717, 1.165) is 38.5 Å². The standard InChI is InChI=1S/C69H137NO5/c1-3-5-7-9-11-13-15-17-19-21-23-25-26-27-28-29-30-31-32-33-34-35-36-37-38-39-40-41-43-45-47-49-51-53-55-57-59-61-63-67(73)69(75)70-65(64-71)68(74)66(72)62-60-58-56-54-52-50-48-46-44-42-24-22-20-18-16-14-12-10-8-6-4-2/h33-34,65-68,71-74H,3-32,35-64H2,1-2H3,(H,70,75)/b34-33-. The van der Waals surface area contributed by atoms with Crippen LogP contribution in [0.25, 0.3) is 0 Å². The number of hydrogen-bond donors (Lipinski definition) is 5. The molecule has 0 aliphatic rings. The Bertz CT molecular complexity index is 1100. The number of carbonyl (C=O) groups is 1. The summed E-state index contributed by atoms with van der Waals surface area (Å²) in [6.07, 6.45) is 79.1. The van der Waals surface area contributed by atoms with Crippen LogP contribution in [0.15, 0.2) is 12.2 Å². The normalized spacial score (nSPS) is 13.5. The molecule has 0 radical (unpaired) electrons. The third-order valence-electron chi connectivity index (χ3n) is 16.7. The zero-order valence-corrected chi connectivity index (χ0v) is 51.1. The summed E-state index contributed by atoms with van der Waals surface area (Å²) in [4.78, 5) is 12.6. The molecule has 6 nitrogen and oxygen atoms in total. The van der Waals surface area contributed by atoms with Gasteiger partial charge < -0.3 is 25.7 Å². The minimum absolute atomic E-state index is 0.374. The van der Waals surface area contributed by atoms with Crippen molar-refractivity contribution in [2.75, 3.05) is 6.61 Å². The Balaban J connectivity index is 3.50. The highest BCUT2D eigenvalue weighted by molar-refractivity contribution is 5.80. The van der Waals surface area contributed by atoms with E-state index in [2.05, 4.69) is 31.3 Å². The minimum Gasteiger partial charge on any atom is -0.394 e. The van der Waals surface area contributed by atoms with Gasteiger partial charge in [0.1, 0.15) is 12.2 Å². The second-order valence-electron chi connectivity index (χ2n) is 24.2. The number of amides is 1. The summed E-state index contributed by atoms with van der Waals surface area (Å²) >= 11 is 0. The Kier molecular flexibility index (Phi) is 63.1. The lowest BCUT2D eigenvalue weighted by Crippen LogP contribution is -2.53. The second kappa shape index (κ2) is 63.9. The lowest BCUT2D eigenvalue weighted by molar-refractivity contribution is -0.132. The van der Waals surface area contributed by atoms with Gasteiger partial charge in [0.15, 0.2) is 0 Å². The molecule has 0 fully saturated rings. The van der Waals surface area contributed by atoms with Gasteiger partial charge in [-0.25, -0.2) is 0 Å². The van der Waals surface area contributed by atoms with Crippen LogP contribution in [0.2, 0.25) is 0 Å². The first-order valence-electron chi connectivity index (χ1n) is 34.6. The van der Waals surface area contributed by atoms with E-state index < -0.39 is 36.9 Å². The zero-order valence-electron chi connectivity index (χ0n) is 51.1. The minimum atomic E-state index is -1.26. The van der Waals surface area contributed by atoms with E-state index in [0.29, 0.717) is 12.8 Å². The van der Waals surface area contributed by atoms with Crippen LogP contribution in [-0.4, -0.2) is 57.3 Å². The van der Waals surface area contributed by atoms with Crippen molar-refractivity contribution < 1.29 is 25.2 Å². The Hall–Kier alpha value is -0.950. The van der Waals surface area contributed by atoms with Gasteiger partial charge in [-0.05, 0) is 38.5 Å². The predicted octanol–water partition coefficient (Wildman–Crippen LogP) is 21.2. The topological polar surface area (TPSA) is 110 Å². The third-order valence-corrected chi connectivity index (χ3v) is 16.7. The number of aliphatic hydroxyl groups is 4. The van der Waals surface area contributed by atoms with Gasteiger partial charge in [-0.3, -0.25) is 4.79 Å². The van der Waals surface area contributed by atoms with Crippen LogP contribution in [0.5, 0.6) is 0 Å². The van der Waals surface area contributed by atoms with Crippen LogP contribution in [0.3, 0.4) is 0 Å². The van der Waals surface area contributed by atoms with Gasteiger partial charge >= 0.3 is 0 Å². The number of hydrogen-bond acceptors (Lipinski definition) is 5. The molecule has 0 heterocycles. The van der Waals surface area contributed by atoms with Gasteiger partial charge in [-0.2, -0.15) is 0 Å². The number of rotatable bonds is 65. The molecular formula is C69H137NO5. The average molecular weight is 1060 g/mol. The number of carbonyl (C=O) groups excluding carboxylic acids is 1. The lowest BCUT2D eigenvalue weighted by Gasteiger charge is -2.27. The van der Waals surface area contributed by atoms with E-state index in [9.17, 15) is 25.2 Å². The molecule has 0 aromatic carbocycles. The highest BCUT2D eigenvalue weighted by Gasteiger charge is 2.28. The Morgan fingerprint density at radius 2 is 0.533 bits per heavy atom. The molecule has 0 saturated carbocycles. The van der Waals surface area contributed by atoms with Crippen LogP contribution in [-0.2, 0) is 4.79 Å². The van der Waals surface area contributed by atoms with Crippen molar-refractivity contribution in [2.24, 2.45) is 0 Å². The first-order valence-corrected chi connectivity index (χ1v) is 34.6. The number of aliphatic hydroxyl groups excluding tert-OH is 4. The average Bonchev–Trinajstić information content (AvgIpc) is 3.42. The summed E-state index contributed by atoms with van der Waals surface area (Å²) in [5, 5.41) is 44.2. The quantitative estimate of drug-likeness (QED) is 0.0308. The molecule has 0 aliphatic heterocycles. The molecule has 0 saturated heterocycles. The van der Waals surface area contributed by atoms with E-state index in [1.54, 1.807) is 0 Å². The molecule has 5 N–H and O–H groups in total. The maximum absolute atomic E-state index is 12.6. The SMILES string of the molecule is CCCCCCCCCCCCCCCCCCCC/C=C\CCCCCCCCCCCCCCCCCCC(O)C(=O)NC(CO)C(O)C(O)CCCCCCCCCCCCCCCCCCCCCCC. The summed E-state index contributed by atoms with van der Waals surface area (Å²) in [6, 6.07) is -0.984. The Morgan fingerprint density at radius 1 is 0.320 bits per heavy atom. The molecule has 4 atom stereocenters. The number of unbranched alkanes of at least 4 members (excludes halogenated alkanes) is 54. The maximum atomic E-state index is 12.6. The summed E-state index contributed by atoms with van der Waals surface area (Å²) in [6.45, 7) is 4.11. The number of nitrogens with one attached hydrogen (secondary N) is 1. The fourth-order valence-electron chi connectivity index (χ4n) is 11.3. The molecule has 4 unspecified atom stereocenters. The van der Waals surface area contributed by atoms with Gasteiger partial charge in [0.05, 0.1) is 18.8 Å². The molecule has 75 heavy (non-hydrogen) atoms. The molecule has 0 aromatic rings. The van der Waals surface area contributed by atoms with E-state index in [-0.39, 0.29) is 0 Å². The first-order chi connectivity index (χ1) is 37.0. The third kappa shape index (κ3) is 57.5. The van der Waals surface area contributed by atoms with Crippen molar-refractivity contribution in [3.05, 3.63) is 12.2 Å². The molecule has 0 rings (SSSR count). The van der Waals surface area contributed by atoms with Crippen molar-refractivity contribution in [1.82, 2.24) is 5.32 Å². The molecule has 0 bridgehead atoms. The van der Waals surface area contributed by atoms with Crippen LogP contribution in [0, 0.1) is 0 Å². The maximum Gasteiger partial charge on any atom is 0.249 e. The predicted molar refractivity (Wildman–Crippen MR) is 330 cm³/mol. The van der Waals surface area contributed by atoms with Gasteiger partial charge in [0.25, 0.3) is 0 Å². The van der Waals surface area contributed by atoms with Crippen molar-refractivity contribution in [2.45, 2.75) is 417 Å². The molecule has 0 aliphatic carbocycles. The summed E-state index contributed by atoms with van der Waals surface area (Å²) in [5.41, 5.74) is 0. The van der Waals surface area contributed by atoms with E-state index in [1.807, 2.05) is 0 Å². The largest absolute Gasteiger partial charge is 0.394 e. The molecule has 0 aromatic heterocycles. The first kappa shape index (κ1) is 74.0. The Morgan fingerprint density at radius 3 is 0.773 bits per heavy atom. The van der Waals surface area contributed by atoms with Crippen molar-refractivity contribution in [3.63, 3.8) is 0 Å². The zero-order chi connectivity index (χ0) is 54.4. The van der Waals surface area contributed by atoms with Crippen LogP contribution >= 0.6 is 0 Å². The monoisotopic (exact) mass is 1060 g/mol. The highest BCUT2D eigenvalue weighted by Crippen LogP contribution is 2.20. The molecule has 448 valence electrons. The number of allylic oxidation sites excluding steroid dienone is 2. The summed E-state index contributed by atoms with van der Waals surface area (Å²) in [7, 11) is 0. The van der Waals surface area contributed by atoms with E-state index in [1.165, 1.54) is 327 Å². The molecular weight excluding hydrogens is 923 g/mol. The van der Waals surface area contributed by atoms with Crippen molar-refractivity contribution in [1.29, 1.82) is 0 Å². The van der Waals surface area contributed by atoms with Gasteiger partial charge in [0.2, 0.25) is 5.91 Å². The van der Waals surface area contributed by atoms with Gasteiger partial charge in [0, 0.05) is 0 Å². The molecule has 0 spiro atoms. The van der Waals surface area contributed by atoms with Gasteiger partial charge in [-0.1, -0.05) is 366 Å². The fraction of sp³-hybridized carbons (Fsp3) is 0.957. The van der Waals surface area contributed by atoms with Crippen molar-refractivity contribution >= 4 is 5.91 Å². The highest BCUT2D eigenvalue weighted by atomic mass is 16.3. The van der Waals surface area contributed by atoms with Crippen LogP contribution < -0.4 is 5.32 Å². The van der Waals surface area contributed by atoms with E-state index in [4.69, 9.17) is 0 Å². The molecule has 6 heteroatoms. The Labute approximate surface area is 470 Å². The van der Waals surface area contributed by atoms with Gasteiger partial charge in [-0.15, -0.1) is 0 Å². The van der Waals surface area contributed by atoms with Crippen LogP contribution in [0.4, 0.5) is 0 Å². The smallest absolute Gasteiger partial charge is 0.249 e.